The monoisotopic (exact) mass is 541 g/mol. The molecule has 3 aromatic rings. The van der Waals surface area contributed by atoms with Crippen LogP contribution in [0.15, 0.2) is 51.2 Å². The molecule has 0 radical (unpaired) electrons. The van der Waals surface area contributed by atoms with E-state index in [2.05, 4.69) is 0 Å². The lowest BCUT2D eigenvalue weighted by Crippen LogP contribution is -2.42. The molecular weight excluding hydrogens is 518 g/mol. The fourth-order valence-electron chi connectivity index (χ4n) is 3.19. The second-order valence-corrected chi connectivity index (χ2v) is 9.19. The molecule has 0 atom stereocenters. The number of thiophene rings is 1. The Morgan fingerprint density at radius 1 is 1.06 bits per heavy atom. The van der Waals surface area contributed by atoms with Crippen LogP contribution in [0.2, 0.25) is 5.02 Å². The van der Waals surface area contributed by atoms with E-state index in [1.165, 1.54) is 11.1 Å². The van der Waals surface area contributed by atoms with Crippen LogP contribution in [0.5, 0.6) is 0 Å². The number of carbonyl (C=O) groups is 3. The molecule has 0 spiro atoms. The molecule has 2 heterocycles. The molecular formula is C23H24ClNO10S. The van der Waals surface area contributed by atoms with Crippen LogP contribution in [0.3, 0.4) is 0 Å². The predicted molar refractivity (Wildman–Crippen MR) is 130 cm³/mol. The fraction of sp³-hybridized carbons (Fsp3) is 0.304. The number of rotatable bonds is 11. The van der Waals surface area contributed by atoms with Crippen molar-refractivity contribution in [2.75, 3.05) is 13.2 Å². The van der Waals surface area contributed by atoms with Crippen molar-refractivity contribution in [3.8, 4) is 0 Å². The third kappa shape index (κ3) is 8.43. The van der Waals surface area contributed by atoms with Gasteiger partial charge in [-0.15, -0.1) is 11.3 Å². The number of aliphatic hydroxyl groups excluding tert-OH is 1. The van der Waals surface area contributed by atoms with E-state index in [9.17, 15) is 24.3 Å². The van der Waals surface area contributed by atoms with Crippen molar-refractivity contribution in [1.82, 2.24) is 4.90 Å². The van der Waals surface area contributed by atoms with E-state index in [-0.39, 0.29) is 12.0 Å². The van der Waals surface area contributed by atoms with Crippen LogP contribution in [0.25, 0.3) is 11.0 Å². The summed E-state index contributed by atoms with van der Waals surface area (Å²) in [6.45, 7) is 1.63. The SMILES string of the molecule is O=C(O)CC(O)(CC(=O)O)C(=O)O.O=c1c(CN(CCO)Cc2cccs2)coc2ccc(Cl)cc12. The third-order valence-electron chi connectivity index (χ3n) is 4.86. The van der Waals surface area contributed by atoms with Gasteiger partial charge in [-0.2, -0.15) is 0 Å². The van der Waals surface area contributed by atoms with Gasteiger partial charge in [-0.1, -0.05) is 17.7 Å². The molecule has 5 N–H and O–H groups in total. The fourth-order valence-corrected chi connectivity index (χ4v) is 4.10. The Morgan fingerprint density at radius 3 is 2.25 bits per heavy atom. The molecule has 13 heteroatoms. The second-order valence-electron chi connectivity index (χ2n) is 7.72. The van der Waals surface area contributed by atoms with Gasteiger partial charge in [0.1, 0.15) is 5.58 Å². The molecule has 1 aromatic carbocycles. The molecule has 0 aliphatic heterocycles. The molecule has 2 aromatic heterocycles. The largest absolute Gasteiger partial charge is 0.481 e. The lowest BCUT2D eigenvalue weighted by atomic mass is 9.96. The lowest BCUT2D eigenvalue weighted by molar-refractivity contribution is -0.170. The van der Waals surface area contributed by atoms with Gasteiger partial charge in [0, 0.05) is 35.1 Å². The molecule has 0 saturated heterocycles. The highest BCUT2D eigenvalue weighted by molar-refractivity contribution is 7.09. The summed E-state index contributed by atoms with van der Waals surface area (Å²) >= 11 is 7.62. The predicted octanol–water partition coefficient (Wildman–Crippen LogP) is 2.25. The summed E-state index contributed by atoms with van der Waals surface area (Å²) in [5.74, 6) is -5.02. The Morgan fingerprint density at radius 2 is 1.72 bits per heavy atom. The zero-order valence-corrected chi connectivity index (χ0v) is 20.4. The first-order chi connectivity index (χ1) is 16.9. The Balaban J connectivity index is 0.000000302. The Hall–Kier alpha value is -3.29. The summed E-state index contributed by atoms with van der Waals surface area (Å²) in [5.41, 5.74) is -1.74. The van der Waals surface area contributed by atoms with Gasteiger partial charge in [0.15, 0.2) is 11.0 Å². The Labute approximate surface area is 213 Å². The van der Waals surface area contributed by atoms with Crippen LogP contribution in [-0.2, 0) is 27.5 Å². The summed E-state index contributed by atoms with van der Waals surface area (Å²) in [5, 5.41) is 46.1. The van der Waals surface area contributed by atoms with Crippen LogP contribution in [0.4, 0.5) is 0 Å². The quantitative estimate of drug-likeness (QED) is 0.239. The van der Waals surface area contributed by atoms with Crippen molar-refractivity contribution in [3.05, 3.63) is 67.7 Å². The molecule has 194 valence electrons. The van der Waals surface area contributed by atoms with E-state index in [0.717, 1.165) is 0 Å². The maximum absolute atomic E-state index is 12.6. The summed E-state index contributed by atoms with van der Waals surface area (Å²) in [6, 6.07) is 9.05. The van der Waals surface area contributed by atoms with E-state index in [0.29, 0.717) is 41.2 Å². The average molecular weight is 542 g/mol. The molecule has 0 bridgehead atoms. The number of hydrogen-bond acceptors (Lipinski definition) is 9. The molecule has 36 heavy (non-hydrogen) atoms. The van der Waals surface area contributed by atoms with Gasteiger partial charge in [0.2, 0.25) is 0 Å². The highest BCUT2D eigenvalue weighted by Crippen LogP contribution is 2.19. The van der Waals surface area contributed by atoms with Crippen molar-refractivity contribution in [1.29, 1.82) is 0 Å². The van der Waals surface area contributed by atoms with Crippen LogP contribution in [0, 0.1) is 0 Å². The van der Waals surface area contributed by atoms with E-state index in [1.54, 1.807) is 29.5 Å². The van der Waals surface area contributed by atoms with Gasteiger partial charge < -0.3 is 29.9 Å². The summed E-state index contributed by atoms with van der Waals surface area (Å²) in [7, 11) is 0. The van der Waals surface area contributed by atoms with Crippen LogP contribution >= 0.6 is 22.9 Å². The van der Waals surface area contributed by atoms with Gasteiger partial charge >= 0.3 is 17.9 Å². The lowest BCUT2D eigenvalue weighted by Gasteiger charge is -2.20. The molecule has 0 amide bonds. The minimum absolute atomic E-state index is 0.0378. The van der Waals surface area contributed by atoms with Crippen molar-refractivity contribution < 1.29 is 44.3 Å². The highest BCUT2D eigenvalue weighted by Gasteiger charge is 2.40. The zero-order chi connectivity index (χ0) is 26.9. The van der Waals surface area contributed by atoms with E-state index in [4.69, 9.17) is 36.4 Å². The first-order valence-electron chi connectivity index (χ1n) is 10.4. The van der Waals surface area contributed by atoms with Gasteiger partial charge in [-0.3, -0.25) is 19.3 Å². The number of carboxylic acid groups (broad SMARTS) is 3. The highest BCUT2D eigenvalue weighted by atomic mass is 35.5. The topological polar surface area (TPSA) is 186 Å². The van der Waals surface area contributed by atoms with Gasteiger partial charge in [0.25, 0.3) is 0 Å². The van der Waals surface area contributed by atoms with E-state index < -0.39 is 36.4 Å². The van der Waals surface area contributed by atoms with E-state index >= 15 is 0 Å². The normalized spacial score (nSPS) is 11.2. The maximum Gasteiger partial charge on any atom is 0.336 e. The zero-order valence-electron chi connectivity index (χ0n) is 18.8. The number of hydrogen-bond donors (Lipinski definition) is 5. The molecule has 0 fully saturated rings. The first kappa shape index (κ1) is 28.9. The van der Waals surface area contributed by atoms with Gasteiger partial charge in [0.05, 0.1) is 31.1 Å². The number of aliphatic carboxylic acids is 3. The Bertz CT molecular complexity index is 1240. The number of halogens is 1. The first-order valence-corrected chi connectivity index (χ1v) is 11.7. The van der Waals surface area contributed by atoms with Crippen molar-refractivity contribution >= 4 is 51.8 Å². The van der Waals surface area contributed by atoms with Crippen molar-refractivity contribution in [2.24, 2.45) is 0 Å². The third-order valence-corrected chi connectivity index (χ3v) is 5.96. The molecule has 0 saturated carbocycles. The summed E-state index contributed by atoms with van der Waals surface area (Å²) in [6.07, 6.45) is -0.791. The number of carboxylic acids is 3. The minimum Gasteiger partial charge on any atom is -0.481 e. The van der Waals surface area contributed by atoms with Crippen LogP contribution in [-0.4, -0.2) is 67.1 Å². The van der Waals surface area contributed by atoms with Crippen molar-refractivity contribution in [2.45, 2.75) is 31.5 Å². The van der Waals surface area contributed by atoms with Crippen LogP contribution < -0.4 is 5.43 Å². The smallest absolute Gasteiger partial charge is 0.336 e. The molecule has 11 nitrogen and oxygen atoms in total. The van der Waals surface area contributed by atoms with Crippen molar-refractivity contribution in [3.63, 3.8) is 0 Å². The average Bonchev–Trinajstić information content (AvgIpc) is 3.28. The molecule has 0 aliphatic rings. The van der Waals surface area contributed by atoms with Gasteiger partial charge in [-0.25, -0.2) is 4.79 Å². The van der Waals surface area contributed by atoms with Gasteiger partial charge in [-0.05, 0) is 29.6 Å². The molecule has 0 aliphatic carbocycles. The number of fused-ring (bicyclic) bond motifs is 1. The Kier molecular flexibility index (Phi) is 10.6. The number of benzene rings is 1. The second kappa shape index (κ2) is 13.1. The summed E-state index contributed by atoms with van der Waals surface area (Å²) in [4.78, 5) is 46.3. The van der Waals surface area contributed by atoms with Crippen LogP contribution in [0.1, 0.15) is 23.3 Å². The molecule has 3 rings (SSSR count). The number of aliphatic hydroxyl groups is 2. The standard InChI is InChI=1S/C17H16ClNO3S.C6H8O7/c18-13-3-4-16-15(8-13)17(21)12(11-22-16)9-19(5-6-20)10-14-2-1-7-23-14;7-3(8)1-6(13,5(11)12)2-4(9)10/h1-4,7-8,11,20H,5-6,9-10H2;13H,1-2H2,(H,7,8)(H,9,10)(H,11,12). The number of nitrogens with zero attached hydrogens (tertiary/aromatic N) is 1. The molecule has 0 unspecified atom stereocenters. The summed E-state index contributed by atoms with van der Waals surface area (Å²) < 4.78 is 5.55. The van der Waals surface area contributed by atoms with E-state index in [1.807, 2.05) is 22.4 Å². The maximum atomic E-state index is 12.6. The minimum atomic E-state index is -2.74.